The average Bonchev–Trinajstić information content (AvgIpc) is 2.31. The van der Waals surface area contributed by atoms with E-state index < -0.39 is 0 Å². The lowest BCUT2D eigenvalue weighted by Crippen LogP contribution is -3.00. The van der Waals surface area contributed by atoms with Crippen LogP contribution >= 0.6 is 0 Å². The molecule has 0 rings (SSSR count). The molecule has 0 atom stereocenters. The molecule has 106 valence electrons. The summed E-state index contributed by atoms with van der Waals surface area (Å²) in [5.41, 5.74) is 3.86. The van der Waals surface area contributed by atoms with Crippen LogP contribution in [0.25, 0.3) is 0 Å². The fourth-order valence-electron chi connectivity index (χ4n) is 1.94. The van der Waals surface area contributed by atoms with Gasteiger partial charge >= 0.3 is 0 Å². The second-order valence-corrected chi connectivity index (χ2v) is 4.59. The Labute approximate surface area is 114 Å². The van der Waals surface area contributed by atoms with E-state index in [2.05, 4.69) is 12.7 Å². The van der Waals surface area contributed by atoms with Gasteiger partial charge < -0.3 is 22.9 Å². The summed E-state index contributed by atoms with van der Waals surface area (Å²) in [6.45, 7) is 5.00. The van der Waals surface area contributed by atoms with Gasteiger partial charge in [-0.05, 0) is 26.2 Å². The number of quaternary nitrogens is 1. The van der Waals surface area contributed by atoms with Crippen LogP contribution in [0.5, 0.6) is 0 Å². The Bertz CT molecular complexity index is 109. The number of ether oxygens (including phenoxy) is 1. The highest BCUT2D eigenvalue weighted by Crippen LogP contribution is 2.10. The summed E-state index contributed by atoms with van der Waals surface area (Å²) in [6, 6.07) is 0. The van der Waals surface area contributed by atoms with Crippen molar-refractivity contribution in [2.45, 2.75) is 71.1 Å². The van der Waals surface area contributed by atoms with E-state index in [9.17, 15) is 0 Å². The van der Waals surface area contributed by atoms with E-state index in [4.69, 9.17) is 4.74 Å². The summed E-state index contributed by atoms with van der Waals surface area (Å²) < 4.78 is 5.31. The highest BCUT2D eigenvalue weighted by atomic mass is 35.5. The SMILES string of the molecule is CCOCCCCCCCCCCCC[NH3+].[Cl-]. The molecule has 17 heavy (non-hydrogen) atoms. The van der Waals surface area contributed by atoms with Gasteiger partial charge in [0.15, 0.2) is 0 Å². The smallest absolute Gasteiger partial charge is 0.0739 e. The first-order valence-electron chi connectivity index (χ1n) is 7.28. The van der Waals surface area contributed by atoms with Crippen LogP contribution in [-0.2, 0) is 4.74 Å². The lowest BCUT2D eigenvalue weighted by Gasteiger charge is -2.02. The molecule has 0 fully saturated rings. The van der Waals surface area contributed by atoms with Gasteiger partial charge in [-0.1, -0.05) is 44.9 Å². The van der Waals surface area contributed by atoms with Crippen molar-refractivity contribution < 1.29 is 22.9 Å². The van der Waals surface area contributed by atoms with Gasteiger partial charge in [-0.25, -0.2) is 0 Å². The van der Waals surface area contributed by atoms with E-state index in [-0.39, 0.29) is 12.4 Å². The van der Waals surface area contributed by atoms with Crippen molar-refractivity contribution in [1.82, 2.24) is 0 Å². The maximum Gasteiger partial charge on any atom is 0.0739 e. The molecule has 0 aliphatic rings. The highest BCUT2D eigenvalue weighted by Gasteiger charge is 1.93. The minimum atomic E-state index is 0. The van der Waals surface area contributed by atoms with Crippen molar-refractivity contribution in [1.29, 1.82) is 0 Å². The number of rotatable bonds is 13. The minimum Gasteiger partial charge on any atom is -1.00 e. The maximum atomic E-state index is 5.31. The summed E-state index contributed by atoms with van der Waals surface area (Å²) in [5.74, 6) is 0. The molecule has 0 aromatic heterocycles. The van der Waals surface area contributed by atoms with Crippen LogP contribution in [0, 0.1) is 0 Å². The largest absolute Gasteiger partial charge is 1.00 e. The van der Waals surface area contributed by atoms with Crippen LogP contribution in [0.2, 0.25) is 0 Å². The van der Waals surface area contributed by atoms with E-state index >= 15 is 0 Å². The normalized spacial score (nSPS) is 10.2. The Kier molecular flexibility index (Phi) is 21.4. The Morgan fingerprint density at radius 2 is 1.12 bits per heavy atom. The molecule has 2 nitrogen and oxygen atoms in total. The third kappa shape index (κ3) is 18.8. The van der Waals surface area contributed by atoms with Gasteiger partial charge in [0, 0.05) is 13.2 Å². The lowest BCUT2D eigenvalue weighted by molar-refractivity contribution is -0.368. The van der Waals surface area contributed by atoms with Gasteiger partial charge in [0.1, 0.15) is 0 Å². The molecule has 0 unspecified atom stereocenters. The first-order chi connectivity index (χ1) is 7.91. The van der Waals surface area contributed by atoms with Crippen LogP contribution in [0.3, 0.4) is 0 Å². The minimum absolute atomic E-state index is 0. The van der Waals surface area contributed by atoms with Crippen LogP contribution in [0.4, 0.5) is 0 Å². The summed E-state index contributed by atoms with van der Waals surface area (Å²) in [4.78, 5) is 0. The standard InChI is InChI=1S/C14H31NO.ClH/c1-2-16-14-12-10-8-6-4-3-5-7-9-11-13-15;/h2-15H2,1H3;1H. The fraction of sp³-hybridized carbons (Fsp3) is 1.00. The third-order valence-electron chi connectivity index (χ3n) is 2.99. The number of halogens is 1. The average molecular weight is 266 g/mol. The molecular weight excluding hydrogens is 234 g/mol. The molecule has 0 radical (unpaired) electrons. The van der Waals surface area contributed by atoms with E-state index in [1.165, 1.54) is 64.2 Å². The molecule has 0 aliphatic carbocycles. The van der Waals surface area contributed by atoms with Crippen LogP contribution < -0.4 is 18.1 Å². The molecule has 3 N–H and O–H groups in total. The zero-order valence-electron chi connectivity index (χ0n) is 11.7. The first-order valence-corrected chi connectivity index (χ1v) is 7.28. The van der Waals surface area contributed by atoms with Crippen molar-refractivity contribution in [2.24, 2.45) is 0 Å². The monoisotopic (exact) mass is 265 g/mol. The molecule has 0 saturated heterocycles. The molecule has 3 heteroatoms. The Morgan fingerprint density at radius 1 is 0.706 bits per heavy atom. The van der Waals surface area contributed by atoms with Gasteiger partial charge in [-0.2, -0.15) is 0 Å². The molecule has 0 aromatic rings. The van der Waals surface area contributed by atoms with Crippen molar-refractivity contribution in [3.8, 4) is 0 Å². The predicted molar refractivity (Wildman–Crippen MR) is 70.4 cm³/mol. The van der Waals surface area contributed by atoms with E-state index in [1.54, 1.807) is 0 Å². The van der Waals surface area contributed by atoms with Crippen LogP contribution in [-0.4, -0.2) is 19.8 Å². The number of unbranched alkanes of at least 4 members (excludes halogenated alkanes) is 9. The van der Waals surface area contributed by atoms with Gasteiger partial charge in [-0.3, -0.25) is 0 Å². The summed E-state index contributed by atoms with van der Waals surface area (Å²) in [5, 5.41) is 0. The van der Waals surface area contributed by atoms with E-state index in [0.717, 1.165) is 19.8 Å². The Hall–Kier alpha value is 0.210. The molecule has 0 spiro atoms. The number of hydrogen-bond donors (Lipinski definition) is 1. The number of hydrogen-bond acceptors (Lipinski definition) is 1. The summed E-state index contributed by atoms with van der Waals surface area (Å²) >= 11 is 0. The maximum absolute atomic E-state index is 5.31. The molecule has 0 saturated carbocycles. The molecule has 0 bridgehead atoms. The first kappa shape index (κ1) is 19.5. The second-order valence-electron chi connectivity index (χ2n) is 4.59. The summed E-state index contributed by atoms with van der Waals surface area (Å²) in [6.07, 6.45) is 13.8. The van der Waals surface area contributed by atoms with Crippen molar-refractivity contribution in [3.05, 3.63) is 0 Å². The van der Waals surface area contributed by atoms with Crippen molar-refractivity contribution in [3.63, 3.8) is 0 Å². The zero-order valence-corrected chi connectivity index (χ0v) is 12.4. The second kappa shape index (κ2) is 18.6. The van der Waals surface area contributed by atoms with Crippen LogP contribution in [0.1, 0.15) is 71.1 Å². The molecule has 0 heterocycles. The van der Waals surface area contributed by atoms with Gasteiger partial charge in [0.2, 0.25) is 0 Å². The van der Waals surface area contributed by atoms with Gasteiger partial charge in [-0.15, -0.1) is 0 Å². The van der Waals surface area contributed by atoms with Gasteiger partial charge in [0.25, 0.3) is 0 Å². The van der Waals surface area contributed by atoms with Gasteiger partial charge in [0.05, 0.1) is 6.54 Å². The highest BCUT2D eigenvalue weighted by molar-refractivity contribution is 4.47. The van der Waals surface area contributed by atoms with E-state index in [0.29, 0.717) is 0 Å². The van der Waals surface area contributed by atoms with Crippen molar-refractivity contribution in [2.75, 3.05) is 19.8 Å². The lowest BCUT2D eigenvalue weighted by atomic mass is 10.1. The van der Waals surface area contributed by atoms with Crippen LogP contribution in [0.15, 0.2) is 0 Å². The predicted octanol–water partition coefficient (Wildman–Crippen LogP) is 0.170. The third-order valence-corrected chi connectivity index (χ3v) is 2.99. The zero-order chi connectivity index (χ0) is 11.9. The summed E-state index contributed by atoms with van der Waals surface area (Å²) in [7, 11) is 0. The molecule has 0 aromatic carbocycles. The Morgan fingerprint density at radius 3 is 1.53 bits per heavy atom. The molecule has 0 aliphatic heterocycles. The molecular formula is C14H32ClNO. The topological polar surface area (TPSA) is 36.9 Å². The quantitative estimate of drug-likeness (QED) is 0.474. The Balaban J connectivity index is 0. The van der Waals surface area contributed by atoms with E-state index in [1.807, 2.05) is 0 Å². The fourth-order valence-corrected chi connectivity index (χ4v) is 1.94. The molecule has 0 amide bonds. The van der Waals surface area contributed by atoms with Crippen molar-refractivity contribution >= 4 is 0 Å².